The predicted molar refractivity (Wildman–Crippen MR) is 72.0 cm³/mol. The second-order valence-corrected chi connectivity index (χ2v) is 4.96. The standard InChI is InChI=1S/C16H15FO2/c1-10(2)12-7-14(11-3-5-13(17)6-4-11)16-15(8-12)18-9-19-16/h3-8,10H,9H2,1-2H3. The third-order valence-electron chi connectivity index (χ3n) is 3.32. The van der Waals surface area contributed by atoms with Crippen molar-refractivity contribution in [3.8, 4) is 22.6 Å². The van der Waals surface area contributed by atoms with Crippen LogP contribution in [0.4, 0.5) is 4.39 Å². The van der Waals surface area contributed by atoms with E-state index in [4.69, 9.17) is 9.47 Å². The second kappa shape index (κ2) is 4.57. The van der Waals surface area contributed by atoms with Crippen molar-refractivity contribution >= 4 is 0 Å². The molecule has 3 rings (SSSR count). The lowest BCUT2D eigenvalue weighted by Gasteiger charge is -2.12. The van der Waals surface area contributed by atoms with Crippen LogP contribution in [-0.4, -0.2) is 6.79 Å². The summed E-state index contributed by atoms with van der Waals surface area (Å²) >= 11 is 0. The maximum absolute atomic E-state index is 13.0. The molecule has 2 aromatic rings. The Balaban J connectivity index is 2.16. The molecule has 1 heterocycles. The van der Waals surface area contributed by atoms with Crippen molar-refractivity contribution in [3.63, 3.8) is 0 Å². The predicted octanol–water partition coefficient (Wildman–Crippen LogP) is 4.34. The number of ether oxygens (including phenoxy) is 2. The number of hydrogen-bond acceptors (Lipinski definition) is 2. The Morgan fingerprint density at radius 3 is 2.47 bits per heavy atom. The first-order valence-electron chi connectivity index (χ1n) is 6.34. The van der Waals surface area contributed by atoms with E-state index < -0.39 is 0 Å². The summed E-state index contributed by atoms with van der Waals surface area (Å²) in [5, 5.41) is 0. The molecule has 0 aliphatic carbocycles. The van der Waals surface area contributed by atoms with Crippen LogP contribution in [0.2, 0.25) is 0 Å². The van der Waals surface area contributed by atoms with Crippen molar-refractivity contribution in [2.24, 2.45) is 0 Å². The minimum Gasteiger partial charge on any atom is -0.454 e. The van der Waals surface area contributed by atoms with Gasteiger partial charge in [-0.05, 0) is 41.3 Å². The number of hydrogen-bond donors (Lipinski definition) is 0. The van der Waals surface area contributed by atoms with Crippen molar-refractivity contribution in [1.29, 1.82) is 0 Å². The highest BCUT2D eigenvalue weighted by Gasteiger charge is 2.21. The fraction of sp³-hybridized carbons (Fsp3) is 0.250. The largest absolute Gasteiger partial charge is 0.454 e. The zero-order valence-electron chi connectivity index (χ0n) is 10.9. The van der Waals surface area contributed by atoms with Gasteiger partial charge in [0.15, 0.2) is 11.5 Å². The molecule has 2 aromatic carbocycles. The minimum atomic E-state index is -0.238. The Kier molecular flexibility index (Phi) is 2.90. The molecule has 0 saturated heterocycles. The molecular formula is C16H15FO2. The summed E-state index contributed by atoms with van der Waals surface area (Å²) in [6, 6.07) is 10.5. The second-order valence-electron chi connectivity index (χ2n) is 4.96. The summed E-state index contributed by atoms with van der Waals surface area (Å²) in [6.07, 6.45) is 0. The molecule has 0 saturated carbocycles. The van der Waals surface area contributed by atoms with Crippen LogP contribution < -0.4 is 9.47 Å². The maximum atomic E-state index is 13.0. The van der Waals surface area contributed by atoms with Crippen LogP contribution in [0.3, 0.4) is 0 Å². The Morgan fingerprint density at radius 2 is 1.79 bits per heavy atom. The molecule has 1 aliphatic heterocycles. The molecule has 0 unspecified atom stereocenters. The zero-order valence-corrected chi connectivity index (χ0v) is 10.9. The summed E-state index contributed by atoms with van der Waals surface area (Å²) in [4.78, 5) is 0. The van der Waals surface area contributed by atoms with E-state index in [9.17, 15) is 4.39 Å². The highest BCUT2D eigenvalue weighted by molar-refractivity contribution is 5.75. The van der Waals surface area contributed by atoms with Crippen LogP contribution in [0.1, 0.15) is 25.3 Å². The molecule has 19 heavy (non-hydrogen) atoms. The molecule has 0 amide bonds. The molecule has 0 atom stereocenters. The van der Waals surface area contributed by atoms with Crippen LogP contribution in [0.25, 0.3) is 11.1 Å². The van der Waals surface area contributed by atoms with E-state index in [1.54, 1.807) is 12.1 Å². The Labute approximate surface area is 111 Å². The van der Waals surface area contributed by atoms with Gasteiger partial charge in [0.25, 0.3) is 0 Å². The molecular weight excluding hydrogens is 243 g/mol. The first-order valence-corrected chi connectivity index (χ1v) is 6.34. The fourth-order valence-electron chi connectivity index (χ4n) is 2.21. The third-order valence-corrected chi connectivity index (χ3v) is 3.32. The Bertz CT molecular complexity index is 603. The SMILES string of the molecule is CC(C)c1cc2c(c(-c3ccc(F)cc3)c1)OCO2. The quantitative estimate of drug-likeness (QED) is 0.797. The minimum absolute atomic E-state index is 0.238. The number of benzene rings is 2. The topological polar surface area (TPSA) is 18.5 Å². The van der Waals surface area contributed by atoms with Crippen LogP contribution in [0, 0.1) is 5.82 Å². The van der Waals surface area contributed by atoms with Gasteiger partial charge in [-0.25, -0.2) is 4.39 Å². The molecule has 0 aromatic heterocycles. The normalized spacial score (nSPS) is 13.1. The van der Waals surface area contributed by atoms with Crippen molar-refractivity contribution < 1.29 is 13.9 Å². The van der Waals surface area contributed by atoms with E-state index >= 15 is 0 Å². The first kappa shape index (κ1) is 12.0. The summed E-state index contributed by atoms with van der Waals surface area (Å²) in [6.45, 7) is 4.50. The van der Waals surface area contributed by atoms with Crippen molar-refractivity contribution in [1.82, 2.24) is 0 Å². The lowest BCUT2D eigenvalue weighted by Crippen LogP contribution is -1.93. The van der Waals surface area contributed by atoms with Crippen LogP contribution in [0.15, 0.2) is 36.4 Å². The first-order chi connectivity index (χ1) is 9.15. The van der Waals surface area contributed by atoms with Gasteiger partial charge in [-0.1, -0.05) is 26.0 Å². The van der Waals surface area contributed by atoms with Crippen LogP contribution >= 0.6 is 0 Å². The zero-order chi connectivity index (χ0) is 13.4. The lowest BCUT2D eigenvalue weighted by molar-refractivity contribution is 0.174. The fourth-order valence-corrected chi connectivity index (χ4v) is 2.21. The average molecular weight is 258 g/mol. The molecule has 3 heteroatoms. The van der Waals surface area contributed by atoms with E-state index in [1.807, 2.05) is 6.07 Å². The van der Waals surface area contributed by atoms with Crippen molar-refractivity contribution in [2.45, 2.75) is 19.8 Å². The van der Waals surface area contributed by atoms with Gasteiger partial charge in [0.05, 0.1) is 0 Å². The van der Waals surface area contributed by atoms with E-state index in [0.717, 1.165) is 22.6 Å². The third kappa shape index (κ3) is 2.16. The summed E-state index contributed by atoms with van der Waals surface area (Å²) < 4.78 is 24.0. The number of rotatable bonds is 2. The molecule has 1 aliphatic rings. The van der Waals surface area contributed by atoms with Gasteiger partial charge in [0.2, 0.25) is 6.79 Å². The van der Waals surface area contributed by atoms with Gasteiger partial charge in [-0.3, -0.25) is 0 Å². The van der Waals surface area contributed by atoms with Crippen LogP contribution in [-0.2, 0) is 0 Å². The molecule has 0 fully saturated rings. The summed E-state index contributed by atoms with van der Waals surface area (Å²) in [5.41, 5.74) is 3.08. The van der Waals surface area contributed by atoms with E-state index in [1.165, 1.54) is 17.7 Å². The van der Waals surface area contributed by atoms with E-state index in [-0.39, 0.29) is 12.6 Å². The van der Waals surface area contributed by atoms with E-state index in [0.29, 0.717) is 5.92 Å². The molecule has 0 bridgehead atoms. The van der Waals surface area contributed by atoms with Gasteiger partial charge < -0.3 is 9.47 Å². The molecule has 0 radical (unpaired) electrons. The molecule has 0 spiro atoms. The van der Waals surface area contributed by atoms with Gasteiger partial charge in [-0.2, -0.15) is 0 Å². The molecule has 0 N–H and O–H groups in total. The van der Waals surface area contributed by atoms with Gasteiger partial charge in [-0.15, -0.1) is 0 Å². The average Bonchev–Trinajstić information content (AvgIpc) is 2.86. The number of halogens is 1. The van der Waals surface area contributed by atoms with Gasteiger partial charge >= 0.3 is 0 Å². The summed E-state index contributed by atoms with van der Waals surface area (Å²) in [7, 11) is 0. The Morgan fingerprint density at radius 1 is 1.05 bits per heavy atom. The van der Waals surface area contributed by atoms with Gasteiger partial charge in [0.1, 0.15) is 5.82 Å². The molecule has 98 valence electrons. The van der Waals surface area contributed by atoms with Crippen molar-refractivity contribution in [3.05, 3.63) is 47.8 Å². The number of fused-ring (bicyclic) bond motifs is 1. The highest BCUT2D eigenvalue weighted by atomic mass is 19.1. The van der Waals surface area contributed by atoms with Crippen molar-refractivity contribution in [2.75, 3.05) is 6.79 Å². The smallest absolute Gasteiger partial charge is 0.231 e. The van der Waals surface area contributed by atoms with E-state index in [2.05, 4.69) is 19.9 Å². The Hall–Kier alpha value is -2.03. The highest BCUT2D eigenvalue weighted by Crippen LogP contribution is 2.43. The van der Waals surface area contributed by atoms with Crippen LogP contribution in [0.5, 0.6) is 11.5 Å². The molecule has 2 nitrogen and oxygen atoms in total. The lowest BCUT2D eigenvalue weighted by atomic mass is 9.96. The maximum Gasteiger partial charge on any atom is 0.231 e. The monoisotopic (exact) mass is 258 g/mol. The van der Waals surface area contributed by atoms with Gasteiger partial charge in [0, 0.05) is 5.56 Å². The summed E-state index contributed by atoms with van der Waals surface area (Å²) in [5.74, 6) is 1.67.